The molecule has 0 spiro atoms. The highest BCUT2D eigenvalue weighted by molar-refractivity contribution is 7.99. The Labute approximate surface area is 167 Å². The molecule has 0 unspecified atom stereocenters. The average Bonchev–Trinajstić information content (AvgIpc) is 2.95. The molecule has 1 aromatic heterocycles. The number of benzene rings is 2. The number of aromatic nitrogens is 1. The number of nitrogens with one attached hydrogen (secondary N) is 1. The smallest absolute Gasteiger partial charge is 0.296 e. The molecule has 1 N–H and O–H groups in total. The van der Waals surface area contributed by atoms with Crippen molar-refractivity contribution >= 4 is 43.3 Å². The van der Waals surface area contributed by atoms with Crippen molar-refractivity contribution in [3.05, 3.63) is 57.7 Å². The lowest BCUT2D eigenvalue weighted by Gasteiger charge is -2.09. The van der Waals surface area contributed by atoms with E-state index in [1.54, 1.807) is 34.5 Å². The first-order valence-electron chi connectivity index (χ1n) is 8.62. The van der Waals surface area contributed by atoms with Crippen molar-refractivity contribution in [3.8, 4) is 0 Å². The highest BCUT2D eigenvalue weighted by atomic mass is 32.2. The van der Waals surface area contributed by atoms with Crippen LogP contribution in [0, 0.1) is 6.92 Å². The molecule has 0 aliphatic carbocycles. The largest absolute Gasteiger partial charge is 0.308 e. The van der Waals surface area contributed by atoms with E-state index in [4.69, 9.17) is 0 Å². The molecule has 2 aromatic carbocycles. The fraction of sp³-hybridized carbons (Fsp3) is 0.316. The molecular formula is C19H22N2O3S3. The van der Waals surface area contributed by atoms with E-state index in [-0.39, 0.29) is 15.8 Å². The van der Waals surface area contributed by atoms with Gasteiger partial charge in [0.2, 0.25) is 10.0 Å². The van der Waals surface area contributed by atoms with Crippen LogP contribution in [0.3, 0.4) is 0 Å². The number of thiazole rings is 1. The molecule has 3 aromatic rings. The van der Waals surface area contributed by atoms with Crippen molar-refractivity contribution < 1.29 is 8.42 Å². The SMILES string of the molecule is Cc1ccc(SCCNS(=O)(=O)c2ccc3c(c2)sc(=O)n3C(C)C)cc1. The van der Waals surface area contributed by atoms with Gasteiger partial charge in [0, 0.05) is 23.2 Å². The van der Waals surface area contributed by atoms with Gasteiger partial charge < -0.3 is 0 Å². The van der Waals surface area contributed by atoms with E-state index in [9.17, 15) is 13.2 Å². The number of rotatable bonds is 7. The summed E-state index contributed by atoms with van der Waals surface area (Å²) in [5.41, 5.74) is 1.97. The summed E-state index contributed by atoms with van der Waals surface area (Å²) in [6.07, 6.45) is 0. The lowest BCUT2D eigenvalue weighted by molar-refractivity contribution is 0.584. The molecule has 0 radical (unpaired) electrons. The van der Waals surface area contributed by atoms with Crippen LogP contribution in [-0.4, -0.2) is 25.3 Å². The summed E-state index contributed by atoms with van der Waals surface area (Å²) >= 11 is 2.68. The van der Waals surface area contributed by atoms with Crippen LogP contribution in [0.5, 0.6) is 0 Å². The van der Waals surface area contributed by atoms with Gasteiger partial charge in [-0.1, -0.05) is 29.0 Å². The fourth-order valence-corrected chi connectivity index (χ4v) is 5.82. The van der Waals surface area contributed by atoms with Gasteiger partial charge in [-0.3, -0.25) is 9.36 Å². The number of aryl methyl sites for hydroxylation is 1. The second-order valence-corrected chi connectivity index (χ2v) is 10.4. The first-order chi connectivity index (χ1) is 12.8. The molecule has 0 amide bonds. The van der Waals surface area contributed by atoms with Gasteiger partial charge in [-0.2, -0.15) is 0 Å². The first-order valence-corrected chi connectivity index (χ1v) is 11.9. The number of nitrogens with zero attached hydrogens (tertiary/aromatic N) is 1. The number of hydrogen-bond donors (Lipinski definition) is 1. The van der Waals surface area contributed by atoms with E-state index in [0.29, 0.717) is 17.0 Å². The van der Waals surface area contributed by atoms with Crippen LogP contribution in [0.4, 0.5) is 0 Å². The van der Waals surface area contributed by atoms with Gasteiger partial charge in [-0.25, -0.2) is 13.1 Å². The molecule has 5 nitrogen and oxygen atoms in total. The Balaban J connectivity index is 1.69. The van der Waals surface area contributed by atoms with Crippen LogP contribution in [0.2, 0.25) is 0 Å². The van der Waals surface area contributed by atoms with Gasteiger partial charge in [0.05, 0.1) is 15.1 Å². The van der Waals surface area contributed by atoms with Crippen LogP contribution in [0.1, 0.15) is 25.5 Å². The van der Waals surface area contributed by atoms with Crippen LogP contribution in [0.25, 0.3) is 10.2 Å². The minimum absolute atomic E-state index is 0.0330. The molecule has 27 heavy (non-hydrogen) atoms. The van der Waals surface area contributed by atoms with E-state index in [2.05, 4.69) is 4.72 Å². The number of thioether (sulfide) groups is 1. The standard InChI is InChI=1S/C19H22N2O3S3/c1-13(2)21-17-9-8-16(12-18(17)26-19(21)22)27(23,24)20-10-11-25-15-6-4-14(3)5-7-15/h4-9,12-13,20H,10-11H2,1-3H3. The first kappa shape index (κ1) is 20.1. The van der Waals surface area contributed by atoms with Crippen molar-refractivity contribution in [3.63, 3.8) is 0 Å². The van der Waals surface area contributed by atoms with Crippen molar-refractivity contribution in [2.24, 2.45) is 0 Å². The normalized spacial score (nSPS) is 12.1. The minimum Gasteiger partial charge on any atom is -0.296 e. The van der Waals surface area contributed by atoms with Crippen LogP contribution >= 0.6 is 23.1 Å². The Kier molecular flexibility index (Phi) is 6.10. The monoisotopic (exact) mass is 422 g/mol. The number of hydrogen-bond acceptors (Lipinski definition) is 5. The average molecular weight is 423 g/mol. The second kappa shape index (κ2) is 8.18. The fourth-order valence-electron chi connectivity index (χ4n) is 2.74. The molecule has 144 valence electrons. The highest BCUT2D eigenvalue weighted by Crippen LogP contribution is 2.24. The summed E-state index contributed by atoms with van der Waals surface area (Å²) in [5, 5.41) is 0. The Morgan fingerprint density at radius 2 is 1.85 bits per heavy atom. The van der Waals surface area contributed by atoms with Crippen LogP contribution < -0.4 is 9.60 Å². The second-order valence-electron chi connectivity index (χ2n) is 6.52. The zero-order chi connectivity index (χ0) is 19.6. The molecule has 0 bridgehead atoms. The van der Waals surface area contributed by atoms with Gasteiger partial charge >= 0.3 is 4.87 Å². The quantitative estimate of drug-likeness (QED) is 0.461. The number of sulfonamides is 1. The van der Waals surface area contributed by atoms with Crippen molar-refractivity contribution in [2.45, 2.75) is 36.6 Å². The highest BCUT2D eigenvalue weighted by Gasteiger charge is 2.17. The molecule has 0 atom stereocenters. The maximum Gasteiger partial charge on any atom is 0.308 e. The molecule has 8 heteroatoms. The molecule has 0 fully saturated rings. The van der Waals surface area contributed by atoms with Crippen molar-refractivity contribution in [1.29, 1.82) is 0 Å². The third-order valence-corrected chi connectivity index (χ3v) is 7.49. The maximum absolute atomic E-state index is 12.6. The molecule has 3 rings (SSSR count). The molecule has 0 saturated carbocycles. The Bertz CT molecular complexity index is 1100. The van der Waals surface area contributed by atoms with Crippen molar-refractivity contribution in [1.82, 2.24) is 9.29 Å². The van der Waals surface area contributed by atoms with E-state index < -0.39 is 10.0 Å². The summed E-state index contributed by atoms with van der Waals surface area (Å²) in [6.45, 7) is 6.24. The Morgan fingerprint density at radius 1 is 1.15 bits per heavy atom. The zero-order valence-electron chi connectivity index (χ0n) is 15.4. The van der Waals surface area contributed by atoms with E-state index >= 15 is 0 Å². The summed E-state index contributed by atoms with van der Waals surface area (Å²) < 4.78 is 30.1. The maximum atomic E-state index is 12.6. The summed E-state index contributed by atoms with van der Waals surface area (Å²) in [5.74, 6) is 0.640. The van der Waals surface area contributed by atoms with Crippen LogP contribution in [-0.2, 0) is 10.0 Å². The van der Waals surface area contributed by atoms with Gasteiger partial charge in [0.1, 0.15) is 0 Å². The Hall–Kier alpha value is -1.61. The third-order valence-electron chi connectivity index (χ3n) is 4.10. The molecular weight excluding hydrogens is 400 g/mol. The predicted octanol–water partition coefficient (Wildman–Crippen LogP) is 4.02. The van der Waals surface area contributed by atoms with Gasteiger partial charge in [0.15, 0.2) is 0 Å². The summed E-state index contributed by atoms with van der Waals surface area (Å²) in [4.78, 5) is 13.3. The minimum atomic E-state index is -3.60. The predicted molar refractivity (Wildman–Crippen MR) is 114 cm³/mol. The van der Waals surface area contributed by atoms with E-state index in [1.165, 1.54) is 5.56 Å². The topological polar surface area (TPSA) is 68.2 Å². The zero-order valence-corrected chi connectivity index (χ0v) is 17.9. The van der Waals surface area contributed by atoms with Gasteiger partial charge in [0.25, 0.3) is 0 Å². The summed E-state index contributed by atoms with van der Waals surface area (Å²) in [7, 11) is -3.60. The van der Waals surface area contributed by atoms with E-state index in [1.807, 2.05) is 45.0 Å². The third kappa shape index (κ3) is 4.63. The molecule has 0 aliphatic rings. The van der Waals surface area contributed by atoms with Crippen molar-refractivity contribution in [2.75, 3.05) is 12.3 Å². The lowest BCUT2D eigenvalue weighted by Crippen LogP contribution is -2.26. The van der Waals surface area contributed by atoms with Gasteiger partial charge in [-0.15, -0.1) is 11.8 Å². The molecule has 1 heterocycles. The Morgan fingerprint density at radius 3 is 2.52 bits per heavy atom. The lowest BCUT2D eigenvalue weighted by atomic mass is 10.2. The van der Waals surface area contributed by atoms with E-state index in [0.717, 1.165) is 21.7 Å². The molecule has 0 aliphatic heterocycles. The molecule has 0 saturated heterocycles. The van der Waals surface area contributed by atoms with Crippen LogP contribution in [0.15, 0.2) is 57.1 Å². The van der Waals surface area contributed by atoms with Gasteiger partial charge in [-0.05, 0) is 51.1 Å². The summed E-state index contributed by atoms with van der Waals surface area (Å²) in [6, 6.07) is 13.0. The number of fused-ring (bicyclic) bond motifs is 1.